The van der Waals surface area contributed by atoms with Crippen LogP contribution < -0.4 is 21.3 Å². The van der Waals surface area contributed by atoms with E-state index in [0.29, 0.717) is 26.2 Å². The highest BCUT2D eigenvalue weighted by molar-refractivity contribution is 6.35. The second-order valence-corrected chi connectivity index (χ2v) is 3.01. The van der Waals surface area contributed by atoms with Gasteiger partial charge in [-0.05, 0) is 0 Å². The van der Waals surface area contributed by atoms with Crippen LogP contribution in [0, 0.1) is 0 Å². The molecule has 1 rings (SSSR count). The summed E-state index contributed by atoms with van der Waals surface area (Å²) in [5.41, 5.74) is 0. The Bertz CT molecular complexity index is 186. The van der Waals surface area contributed by atoms with Crippen molar-refractivity contribution in [3.63, 3.8) is 0 Å². The third kappa shape index (κ3) is 4.20. The molecule has 0 unspecified atom stereocenters. The number of carbonyl (C=O) groups excluding carboxylic acids is 2. The molecular weight excluding hydrogens is 184 g/mol. The molecule has 0 bridgehead atoms. The highest BCUT2D eigenvalue weighted by atomic mass is 16.2. The van der Waals surface area contributed by atoms with Crippen molar-refractivity contribution >= 4 is 11.8 Å². The van der Waals surface area contributed by atoms with E-state index in [-0.39, 0.29) is 0 Å². The van der Waals surface area contributed by atoms with Gasteiger partial charge in [-0.25, -0.2) is 0 Å². The Balaban J connectivity index is 2.31. The SMILES string of the molecule is O=C1NCCNCCNCCNC1=O. The number of amides is 2. The smallest absolute Gasteiger partial charge is 0.309 e. The Morgan fingerprint density at radius 1 is 0.643 bits per heavy atom. The van der Waals surface area contributed by atoms with Gasteiger partial charge in [-0.2, -0.15) is 0 Å². The van der Waals surface area contributed by atoms with Crippen molar-refractivity contribution in [2.45, 2.75) is 0 Å². The zero-order chi connectivity index (χ0) is 10.2. The molecule has 1 aliphatic heterocycles. The Morgan fingerprint density at radius 2 is 1.00 bits per heavy atom. The van der Waals surface area contributed by atoms with Gasteiger partial charge in [-0.1, -0.05) is 0 Å². The molecule has 0 saturated carbocycles. The Hall–Kier alpha value is -1.14. The number of nitrogens with one attached hydrogen (secondary N) is 4. The van der Waals surface area contributed by atoms with Gasteiger partial charge in [0.2, 0.25) is 0 Å². The second-order valence-electron chi connectivity index (χ2n) is 3.01. The molecule has 1 fully saturated rings. The van der Waals surface area contributed by atoms with E-state index < -0.39 is 11.8 Å². The van der Waals surface area contributed by atoms with Crippen LogP contribution in [0.2, 0.25) is 0 Å². The van der Waals surface area contributed by atoms with Crippen LogP contribution in [0.5, 0.6) is 0 Å². The van der Waals surface area contributed by atoms with E-state index in [1.807, 2.05) is 0 Å². The number of carbonyl (C=O) groups is 2. The molecule has 6 nitrogen and oxygen atoms in total. The van der Waals surface area contributed by atoms with Gasteiger partial charge in [0.05, 0.1) is 0 Å². The topological polar surface area (TPSA) is 82.3 Å². The van der Waals surface area contributed by atoms with Gasteiger partial charge in [0.25, 0.3) is 0 Å². The summed E-state index contributed by atoms with van der Waals surface area (Å²) in [6, 6.07) is 0. The Kier molecular flexibility index (Phi) is 4.95. The lowest BCUT2D eigenvalue weighted by atomic mass is 10.4. The average molecular weight is 200 g/mol. The molecule has 0 aromatic carbocycles. The minimum atomic E-state index is -0.563. The van der Waals surface area contributed by atoms with Gasteiger partial charge in [-0.3, -0.25) is 9.59 Å². The molecule has 1 aliphatic rings. The van der Waals surface area contributed by atoms with Crippen LogP contribution in [0.1, 0.15) is 0 Å². The zero-order valence-corrected chi connectivity index (χ0v) is 8.06. The summed E-state index contributed by atoms with van der Waals surface area (Å²) in [7, 11) is 0. The van der Waals surface area contributed by atoms with E-state index in [4.69, 9.17) is 0 Å². The summed E-state index contributed by atoms with van der Waals surface area (Å²) in [5.74, 6) is -1.13. The largest absolute Gasteiger partial charge is 0.347 e. The normalized spacial score (nSPS) is 21.4. The van der Waals surface area contributed by atoms with Crippen LogP contribution in [0.3, 0.4) is 0 Å². The first kappa shape index (κ1) is 10.9. The predicted molar refractivity (Wildman–Crippen MR) is 51.8 cm³/mol. The van der Waals surface area contributed by atoms with Gasteiger partial charge >= 0.3 is 11.8 Å². The van der Waals surface area contributed by atoms with Gasteiger partial charge in [0.15, 0.2) is 0 Å². The first-order chi connectivity index (χ1) is 6.80. The van der Waals surface area contributed by atoms with E-state index >= 15 is 0 Å². The summed E-state index contributed by atoms with van der Waals surface area (Å²) in [5, 5.41) is 11.3. The molecule has 14 heavy (non-hydrogen) atoms. The highest BCUT2D eigenvalue weighted by Gasteiger charge is 2.11. The van der Waals surface area contributed by atoms with Crippen molar-refractivity contribution in [1.82, 2.24) is 21.3 Å². The molecule has 4 N–H and O–H groups in total. The fourth-order valence-corrected chi connectivity index (χ4v) is 1.12. The van der Waals surface area contributed by atoms with Crippen LogP contribution >= 0.6 is 0 Å². The quantitative estimate of drug-likeness (QED) is 0.323. The maximum atomic E-state index is 11.1. The van der Waals surface area contributed by atoms with Crippen LogP contribution in [0.25, 0.3) is 0 Å². The van der Waals surface area contributed by atoms with Crippen LogP contribution in [0.15, 0.2) is 0 Å². The average Bonchev–Trinajstić information content (AvgIpc) is 2.18. The molecule has 0 spiro atoms. The third-order valence-electron chi connectivity index (χ3n) is 1.86. The molecule has 6 heteroatoms. The highest BCUT2D eigenvalue weighted by Crippen LogP contribution is 1.71. The first-order valence-corrected chi connectivity index (χ1v) is 4.78. The summed E-state index contributed by atoms with van der Waals surface area (Å²) < 4.78 is 0. The molecule has 0 aromatic rings. The van der Waals surface area contributed by atoms with Crippen molar-refractivity contribution in [3.8, 4) is 0 Å². The van der Waals surface area contributed by atoms with Gasteiger partial charge in [0.1, 0.15) is 0 Å². The van der Waals surface area contributed by atoms with E-state index in [0.717, 1.165) is 13.1 Å². The lowest BCUT2D eigenvalue weighted by Gasteiger charge is -2.10. The summed E-state index contributed by atoms with van der Waals surface area (Å²) >= 11 is 0. The fourth-order valence-electron chi connectivity index (χ4n) is 1.12. The zero-order valence-electron chi connectivity index (χ0n) is 8.06. The maximum Gasteiger partial charge on any atom is 0.309 e. The Labute approximate surface area is 82.8 Å². The molecule has 0 aliphatic carbocycles. The first-order valence-electron chi connectivity index (χ1n) is 4.78. The van der Waals surface area contributed by atoms with Crippen molar-refractivity contribution < 1.29 is 9.59 Å². The van der Waals surface area contributed by atoms with Crippen LogP contribution in [0.4, 0.5) is 0 Å². The number of hydrogen-bond donors (Lipinski definition) is 4. The summed E-state index contributed by atoms with van der Waals surface area (Å²) in [6.07, 6.45) is 0. The molecule has 0 radical (unpaired) electrons. The minimum absolute atomic E-state index is 0.478. The van der Waals surface area contributed by atoms with Gasteiger partial charge in [-0.15, -0.1) is 0 Å². The lowest BCUT2D eigenvalue weighted by molar-refractivity contribution is -0.139. The van der Waals surface area contributed by atoms with E-state index in [1.54, 1.807) is 0 Å². The fraction of sp³-hybridized carbons (Fsp3) is 0.750. The molecular formula is C8H16N4O2. The summed E-state index contributed by atoms with van der Waals surface area (Å²) in [4.78, 5) is 22.1. The van der Waals surface area contributed by atoms with Crippen LogP contribution in [-0.2, 0) is 9.59 Å². The van der Waals surface area contributed by atoms with Crippen molar-refractivity contribution in [3.05, 3.63) is 0 Å². The molecule has 0 atom stereocenters. The van der Waals surface area contributed by atoms with E-state index in [1.165, 1.54) is 0 Å². The number of rotatable bonds is 0. The second kappa shape index (κ2) is 6.33. The molecule has 1 heterocycles. The van der Waals surface area contributed by atoms with Crippen LogP contribution in [-0.4, -0.2) is 51.1 Å². The predicted octanol–water partition coefficient (Wildman–Crippen LogP) is -2.59. The molecule has 0 aromatic heterocycles. The lowest BCUT2D eigenvalue weighted by Crippen LogP contribution is -2.45. The number of hydrogen-bond acceptors (Lipinski definition) is 4. The van der Waals surface area contributed by atoms with E-state index in [2.05, 4.69) is 21.3 Å². The minimum Gasteiger partial charge on any atom is -0.347 e. The van der Waals surface area contributed by atoms with E-state index in [9.17, 15) is 9.59 Å². The molecule has 1 saturated heterocycles. The van der Waals surface area contributed by atoms with Crippen molar-refractivity contribution in [2.24, 2.45) is 0 Å². The van der Waals surface area contributed by atoms with Crippen molar-refractivity contribution in [2.75, 3.05) is 39.3 Å². The van der Waals surface area contributed by atoms with Gasteiger partial charge < -0.3 is 21.3 Å². The summed E-state index contributed by atoms with van der Waals surface area (Å²) in [6.45, 7) is 4.05. The molecule has 2 amide bonds. The van der Waals surface area contributed by atoms with Gasteiger partial charge in [0, 0.05) is 39.3 Å². The Morgan fingerprint density at radius 3 is 1.43 bits per heavy atom. The molecule has 80 valence electrons. The maximum absolute atomic E-state index is 11.1. The monoisotopic (exact) mass is 200 g/mol. The van der Waals surface area contributed by atoms with Crippen molar-refractivity contribution in [1.29, 1.82) is 0 Å². The standard InChI is InChI=1S/C8H16N4O2/c13-7-8(14)12-6-4-10-2-1-9-3-5-11-7/h9-10H,1-6H2,(H,11,13)(H,12,14). The third-order valence-corrected chi connectivity index (χ3v) is 1.86.